The highest BCUT2D eigenvalue weighted by molar-refractivity contribution is 5.44. The van der Waals surface area contributed by atoms with Gasteiger partial charge in [-0.3, -0.25) is 0 Å². The molecule has 0 aliphatic heterocycles. The first kappa shape index (κ1) is 10.7. The Morgan fingerprint density at radius 3 is 2.50 bits per heavy atom. The van der Waals surface area contributed by atoms with Crippen molar-refractivity contribution in [1.29, 1.82) is 0 Å². The molecule has 0 saturated heterocycles. The lowest BCUT2D eigenvalue weighted by Gasteiger charge is -2.06. The van der Waals surface area contributed by atoms with Crippen molar-refractivity contribution >= 4 is 5.69 Å². The lowest BCUT2D eigenvalue weighted by molar-refractivity contribution is 0.626. The maximum absolute atomic E-state index is 12.9. The number of hydrogen-bond acceptors (Lipinski definition) is 1. The Hall–Kier alpha value is -1.83. The molecule has 0 unspecified atom stereocenters. The minimum Gasteiger partial charge on any atom is -0.381 e. The normalized spacial score (nSPS) is 10.1. The summed E-state index contributed by atoms with van der Waals surface area (Å²) in [6.07, 6.45) is 0. The van der Waals surface area contributed by atoms with Crippen LogP contribution in [0.25, 0.3) is 0 Å². The highest BCUT2D eigenvalue weighted by Gasteiger charge is 1.95. The zero-order chi connectivity index (χ0) is 11.4. The SMILES string of the molecule is Cc1ccc(NCc2cccc(F)c2)cc1. The third kappa shape index (κ3) is 2.83. The molecular formula is C14H14FN. The molecule has 0 atom stereocenters. The molecule has 0 heterocycles. The van der Waals surface area contributed by atoms with Crippen LogP contribution in [-0.4, -0.2) is 0 Å². The standard InChI is InChI=1S/C14H14FN/c1-11-5-7-14(8-6-11)16-10-12-3-2-4-13(15)9-12/h2-9,16H,10H2,1H3. The number of anilines is 1. The third-order valence-corrected chi connectivity index (χ3v) is 2.44. The summed E-state index contributed by atoms with van der Waals surface area (Å²) >= 11 is 0. The zero-order valence-electron chi connectivity index (χ0n) is 9.20. The van der Waals surface area contributed by atoms with Crippen molar-refractivity contribution in [3.63, 3.8) is 0 Å². The molecule has 0 bridgehead atoms. The van der Waals surface area contributed by atoms with Crippen molar-refractivity contribution in [3.05, 3.63) is 65.5 Å². The first-order chi connectivity index (χ1) is 7.74. The number of aryl methyl sites for hydroxylation is 1. The van der Waals surface area contributed by atoms with Gasteiger partial charge < -0.3 is 5.32 Å². The Balaban J connectivity index is 1.99. The first-order valence-corrected chi connectivity index (χ1v) is 5.29. The Labute approximate surface area is 94.9 Å². The number of hydrogen-bond donors (Lipinski definition) is 1. The lowest BCUT2D eigenvalue weighted by atomic mass is 10.2. The van der Waals surface area contributed by atoms with E-state index in [1.807, 2.05) is 30.3 Å². The van der Waals surface area contributed by atoms with E-state index in [1.165, 1.54) is 11.6 Å². The van der Waals surface area contributed by atoms with Gasteiger partial charge in [0.2, 0.25) is 0 Å². The van der Waals surface area contributed by atoms with Gasteiger partial charge in [0.25, 0.3) is 0 Å². The summed E-state index contributed by atoms with van der Waals surface area (Å²) in [7, 11) is 0. The molecule has 2 aromatic rings. The second kappa shape index (κ2) is 4.79. The summed E-state index contributed by atoms with van der Waals surface area (Å²) in [5, 5.41) is 3.25. The van der Waals surface area contributed by atoms with Gasteiger partial charge in [-0.05, 0) is 36.8 Å². The molecule has 16 heavy (non-hydrogen) atoms. The van der Waals surface area contributed by atoms with E-state index >= 15 is 0 Å². The van der Waals surface area contributed by atoms with E-state index in [2.05, 4.69) is 12.2 Å². The first-order valence-electron chi connectivity index (χ1n) is 5.29. The molecule has 0 fully saturated rings. The minimum atomic E-state index is -0.191. The van der Waals surface area contributed by atoms with Crippen molar-refractivity contribution in [2.24, 2.45) is 0 Å². The highest BCUT2D eigenvalue weighted by atomic mass is 19.1. The fourth-order valence-electron chi connectivity index (χ4n) is 1.52. The molecule has 2 rings (SSSR count). The van der Waals surface area contributed by atoms with Crippen LogP contribution in [0.1, 0.15) is 11.1 Å². The Morgan fingerprint density at radius 2 is 1.81 bits per heavy atom. The van der Waals surface area contributed by atoms with Gasteiger partial charge in [0, 0.05) is 12.2 Å². The van der Waals surface area contributed by atoms with Crippen LogP contribution in [0.3, 0.4) is 0 Å². The molecule has 2 aromatic carbocycles. The second-order valence-electron chi connectivity index (χ2n) is 3.85. The van der Waals surface area contributed by atoms with Crippen LogP contribution in [-0.2, 0) is 6.54 Å². The number of rotatable bonds is 3. The highest BCUT2D eigenvalue weighted by Crippen LogP contribution is 2.11. The smallest absolute Gasteiger partial charge is 0.123 e. The van der Waals surface area contributed by atoms with Crippen LogP contribution >= 0.6 is 0 Å². The van der Waals surface area contributed by atoms with Crippen molar-refractivity contribution in [2.45, 2.75) is 13.5 Å². The summed E-state index contributed by atoms with van der Waals surface area (Å²) in [6.45, 7) is 2.69. The summed E-state index contributed by atoms with van der Waals surface area (Å²) < 4.78 is 12.9. The lowest BCUT2D eigenvalue weighted by Crippen LogP contribution is -1.99. The monoisotopic (exact) mass is 215 g/mol. The van der Waals surface area contributed by atoms with Crippen molar-refractivity contribution in [2.75, 3.05) is 5.32 Å². The number of halogens is 1. The maximum Gasteiger partial charge on any atom is 0.123 e. The maximum atomic E-state index is 12.9. The van der Waals surface area contributed by atoms with E-state index < -0.39 is 0 Å². The molecule has 0 amide bonds. The summed E-state index contributed by atoms with van der Waals surface area (Å²) in [6, 6.07) is 14.8. The van der Waals surface area contributed by atoms with E-state index in [0.717, 1.165) is 11.3 Å². The fraction of sp³-hybridized carbons (Fsp3) is 0.143. The number of nitrogens with one attached hydrogen (secondary N) is 1. The van der Waals surface area contributed by atoms with Crippen LogP contribution in [0, 0.1) is 12.7 Å². The Morgan fingerprint density at radius 1 is 1.06 bits per heavy atom. The molecule has 82 valence electrons. The summed E-state index contributed by atoms with van der Waals surface area (Å²) in [4.78, 5) is 0. The van der Waals surface area contributed by atoms with Gasteiger partial charge in [0.05, 0.1) is 0 Å². The Bertz CT molecular complexity index is 462. The molecular weight excluding hydrogens is 201 g/mol. The molecule has 1 N–H and O–H groups in total. The molecule has 0 spiro atoms. The van der Waals surface area contributed by atoms with Gasteiger partial charge in [-0.2, -0.15) is 0 Å². The summed E-state index contributed by atoms with van der Waals surface area (Å²) in [5.41, 5.74) is 3.23. The number of benzene rings is 2. The quantitative estimate of drug-likeness (QED) is 0.822. The molecule has 0 radical (unpaired) electrons. The average Bonchev–Trinajstić information content (AvgIpc) is 2.28. The van der Waals surface area contributed by atoms with E-state index in [4.69, 9.17) is 0 Å². The predicted molar refractivity (Wildman–Crippen MR) is 64.9 cm³/mol. The van der Waals surface area contributed by atoms with Gasteiger partial charge >= 0.3 is 0 Å². The van der Waals surface area contributed by atoms with Gasteiger partial charge in [-0.15, -0.1) is 0 Å². The van der Waals surface area contributed by atoms with E-state index in [-0.39, 0.29) is 5.82 Å². The second-order valence-corrected chi connectivity index (χ2v) is 3.85. The van der Waals surface area contributed by atoms with E-state index in [0.29, 0.717) is 6.54 Å². The van der Waals surface area contributed by atoms with Crippen molar-refractivity contribution in [1.82, 2.24) is 0 Å². The topological polar surface area (TPSA) is 12.0 Å². The van der Waals surface area contributed by atoms with Gasteiger partial charge in [-0.25, -0.2) is 4.39 Å². The molecule has 0 aliphatic rings. The fourth-order valence-corrected chi connectivity index (χ4v) is 1.52. The van der Waals surface area contributed by atoms with E-state index in [1.54, 1.807) is 12.1 Å². The zero-order valence-corrected chi connectivity index (χ0v) is 9.20. The molecule has 2 heteroatoms. The van der Waals surface area contributed by atoms with Crippen LogP contribution < -0.4 is 5.32 Å². The largest absolute Gasteiger partial charge is 0.381 e. The Kier molecular flexibility index (Phi) is 3.20. The molecule has 0 saturated carbocycles. The van der Waals surface area contributed by atoms with E-state index in [9.17, 15) is 4.39 Å². The minimum absolute atomic E-state index is 0.191. The molecule has 1 nitrogen and oxygen atoms in total. The van der Waals surface area contributed by atoms with Crippen LogP contribution in [0.5, 0.6) is 0 Å². The van der Waals surface area contributed by atoms with Crippen molar-refractivity contribution in [3.8, 4) is 0 Å². The van der Waals surface area contributed by atoms with Crippen molar-refractivity contribution < 1.29 is 4.39 Å². The predicted octanol–water partition coefficient (Wildman–Crippen LogP) is 3.75. The van der Waals surface area contributed by atoms with Gasteiger partial charge in [0.15, 0.2) is 0 Å². The third-order valence-electron chi connectivity index (χ3n) is 2.44. The molecule has 0 aromatic heterocycles. The summed E-state index contributed by atoms with van der Waals surface area (Å²) in [5.74, 6) is -0.191. The van der Waals surface area contributed by atoms with Crippen LogP contribution in [0.2, 0.25) is 0 Å². The average molecular weight is 215 g/mol. The van der Waals surface area contributed by atoms with Crippen LogP contribution in [0.15, 0.2) is 48.5 Å². The van der Waals surface area contributed by atoms with Gasteiger partial charge in [0.1, 0.15) is 5.82 Å². The van der Waals surface area contributed by atoms with Gasteiger partial charge in [-0.1, -0.05) is 29.8 Å². The van der Waals surface area contributed by atoms with Crippen LogP contribution in [0.4, 0.5) is 10.1 Å². The molecule has 0 aliphatic carbocycles.